The highest BCUT2D eigenvalue weighted by molar-refractivity contribution is 5.74. The second-order valence-electron chi connectivity index (χ2n) is 10.4. The lowest BCUT2D eigenvalue weighted by molar-refractivity contribution is -0.0599. The van der Waals surface area contributed by atoms with Gasteiger partial charge in [-0.15, -0.1) is 0 Å². The number of urea groups is 1. The number of nitrogens with one attached hydrogen (secondary N) is 1. The molecule has 4 saturated carbocycles. The fourth-order valence-corrected chi connectivity index (χ4v) is 6.96. The largest absolute Gasteiger partial charge is 0.467 e. The maximum absolute atomic E-state index is 13.1. The van der Waals surface area contributed by atoms with E-state index < -0.39 is 0 Å². The molecule has 2 aromatic heterocycles. The van der Waals surface area contributed by atoms with Crippen molar-refractivity contribution in [1.82, 2.24) is 15.2 Å². The summed E-state index contributed by atoms with van der Waals surface area (Å²) in [5.41, 5.74) is 1.75. The Labute approximate surface area is 185 Å². The maximum atomic E-state index is 13.1. The van der Waals surface area contributed by atoms with E-state index in [1.165, 1.54) is 44.1 Å². The third-order valence-corrected chi connectivity index (χ3v) is 7.96. The number of carbonyl (C=O) groups is 1. The second kappa shape index (κ2) is 9.05. The van der Waals surface area contributed by atoms with Gasteiger partial charge >= 0.3 is 6.03 Å². The molecular weight excluding hydrogens is 386 g/mol. The summed E-state index contributed by atoms with van der Waals surface area (Å²) in [4.78, 5) is 19.1. The van der Waals surface area contributed by atoms with E-state index in [4.69, 9.17) is 4.42 Å². The number of amides is 2. The molecule has 0 radical (unpaired) electrons. The number of rotatable bonds is 9. The Hall–Kier alpha value is -2.30. The van der Waals surface area contributed by atoms with Gasteiger partial charge in [-0.3, -0.25) is 4.98 Å². The summed E-state index contributed by atoms with van der Waals surface area (Å²) in [5.74, 6) is 3.71. The smallest absolute Gasteiger partial charge is 0.317 e. The van der Waals surface area contributed by atoms with Crippen molar-refractivity contribution in [2.24, 2.45) is 23.2 Å². The SMILES string of the molecule is O=C(NCCCc1ccncc1)N(CCC12CC3CC(CC(C3)C1)C2)Cc1ccco1. The standard InChI is InChI=1S/C26H35N3O2/c30-25(28-8-1-3-20-5-9-27-10-6-20)29(19-24-4-2-12-31-24)11-7-26-16-21-13-22(17-26)15-23(14-21)18-26/h2,4-6,9-10,12,21-23H,1,3,7-8,11,13-19H2,(H,28,30). The monoisotopic (exact) mass is 421 g/mol. The van der Waals surface area contributed by atoms with Gasteiger partial charge in [-0.2, -0.15) is 0 Å². The number of pyridine rings is 1. The van der Waals surface area contributed by atoms with Gasteiger partial charge in [0.05, 0.1) is 12.8 Å². The lowest BCUT2D eigenvalue weighted by Gasteiger charge is -2.57. The van der Waals surface area contributed by atoms with Crippen LogP contribution in [0.5, 0.6) is 0 Å². The molecule has 2 heterocycles. The number of furan rings is 1. The van der Waals surface area contributed by atoms with Crippen molar-refractivity contribution in [2.75, 3.05) is 13.1 Å². The summed E-state index contributed by atoms with van der Waals surface area (Å²) in [6.07, 6.45) is 16.9. The molecule has 0 spiro atoms. The molecule has 31 heavy (non-hydrogen) atoms. The topological polar surface area (TPSA) is 58.4 Å². The third kappa shape index (κ3) is 4.97. The first-order chi connectivity index (χ1) is 15.2. The maximum Gasteiger partial charge on any atom is 0.317 e. The van der Waals surface area contributed by atoms with Gasteiger partial charge in [-0.1, -0.05) is 0 Å². The normalized spacial score (nSPS) is 28.6. The first-order valence-electron chi connectivity index (χ1n) is 12.1. The van der Waals surface area contributed by atoms with Crippen molar-refractivity contribution >= 4 is 6.03 Å². The zero-order valence-corrected chi connectivity index (χ0v) is 18.5. The fraction of sp³-hybridized carbons (Fsp3) is 0.615. The van der Waals surface area contributed by atoms with Crippen molar-refractivity contribution in [2.45, 2.75) is 64.3 Å². The van der Waals surface area contributed by atoms with Gasteiger partial charge in [0.25, 0.3) is 0 Å². The van der Waals surface area contributed by atoms with E-state index in [0.717, 1.165) is 49.3 Å². The van der Waals surface area contributed by atoms with Gasteiger partial charge in [0.2, 0.25) is 0 Å². The van der Waals surface area contributed by atoms with Crippen LogP contribution in [0.2, 0.25) is 0 Å². The Kier molecular flexibility index (Phi) is 6.02. The van der Waals surface area contributed by atoms with Crippen molar-refractivity contribution in [1.29, 1.82) is 0 Å². The Balaban J connectivity index is 1.16. The van der Waals surface area contributed by atoms with Crippen LogP contribution in [-0.2, 0) is 13.0 Å². The van der Waals surface area contributed by atoms with Gasteiger partial charge in [0.1, 0.15) is 5.76 Å². The van der Waals surface area contributed by atoms with Gasteiger partial charge in [-0.05, 0) is 111 Å². The molecule has 6 rings (SSSR count). The van der Waals surface area contributed by atoms with Crippen molar-refractivity contribution in [3.8, 4) is 0 Å². The van der Waals surface area contributed by atoms with E-state index in [1.807, 2.05) is 41.6 Å². The van der Waals surface area contributed by atoms with Crippen molar-refractivity contribution in [3.63, 3.8) is 0 Å². The van der Waals surface area contributed by atoms with Gasteiger partial charge in [0.15, 0.2) is 0 Å². The summed E-state index contributed by atoms with van der Waals surface area (Å²) >= 11 is 0. The van der Waals surface area contributed by atoms with Crippen LogP contribution in [0.3, 0.4) is 0 Å². The van der Waals surface area contributed by atoms with Crippen LogP contribution in [0, 0.1) is 23.2 Å². The molecule has 0 saturated heterocycles. The Morgan fingerprint density at radius 1 is 1.10 bits per heavy atom. The van der Waals surface area contributed by atoms with Crippen molar-refractivity contribution in [3.05, 3.63) is 54.2 Å². The Morgan fingerprint density at radius 3 is 2.45 bits per heavy atom. The molecule has 2 amide bonds. The third-order valence-electron chi connectivity index (χ3n) is 7.96. The molecule has 0 atom stereocenters. The summed E-state index contributed by atoms with van der Waals surface area (Å²) < 4.78 is 5.57. The van der Waals surface area contributed by atoms with E-state index in [1.54, 1.807) is 6.26 Å². The van der Waals surface area contributed by atoms with Crippen LogP contribution in [0.15, 0.2) is 47.3 Å². The molecular formula is C26H35N3O2. The van der Waals surface area contributed by atoms with Crippen LogP contribution in [-0.4, -0.2) is 29.0 Å². The molecule has 5 nitrogen and oxygen atoms in total. The number of nitrogens with zero attached hydrogens (tertiary/aromatic N) is 2. The van der Waals surface area contributed by atoms with E-state index in [2.05, 4.69) is 10.3 Å². The highest BCUT2D eigenvalue weighted by Gasteiger charge is 2.50. The fourth-order valence-electron chi connectivity index (χ4n) is 6.96. The zero-order chi connectivity index (χ0) is 21.1. The van der Waals surface area contributed by atoms with E-state index >= 15 is 0 Å². The highest BCUT2D eigenvalue weighted by Crippen LogP contribution is 2.61. The number of carbonyl (C=O) groups excluding carboxylic acids is 1. The van der Waals surface area contributed by atoms with Crippen LogP contribution in [0.1, 0.15) is 62.7 Å². The minimum Gasteiger partial charge on any atom is -0.467 e. The van der Waals surface area contributed by atoms with E-state index in [0.29, 0.717) is 18.5 Å². The minimum absolute atomic E-state index is 0.0378. The molecule has 1 N–H and O–H groups in total. The molecule has 5 heteroatoms. The first-order valence-corrected chi connectivity index (χ1v) is 12.1. The van der Waals surface area contributed by atoms with Gasteiger partial charge < -0.3 is 14.6 Å². The quantitative estimate of drug-likeness (QED) is 0.550. The molecule has 0 aliphatic heterocycles. The van der Waals surface area contributed by atoms with Gasteiger partial charge in [-0.25, -0.2) is 4.79 Å². The molecule has 0 unspecified atom stereocenters. The second-order valence-corrected chi connectivity index (χ2v) is 10.4. The van der Waals surface area contributed by atoms with Gasteiger partial charge in [0, 0.05) is 25.5 Å². The zero-order valence-electron chi connectivity index (χ0n) is 18.5. The molecule has 166 valence electrons. The predicted molar refractivity (Wildman–Crippen MR) is 120 cm³/mol. The number of aromatic nitrogens is 1. The van der Waals surface area contributed by atoms with Crippen LogP contribution in [0.25, 0.3) is 0 Å². The molecule has 0 aromatic carbocycles. The minimum atomic E-state index is 0.0378. The van der Waals surface area contributed by atoms with E-state index in [9.17, 15) is 4.79 Å². The average Bonchev–Trinajstić information content (AvgIpc) is 3.27. The first kappa shape index (κ1) is 20.6. The average molecular weight is 422 g/mol. The summed E-state index contributed by atoms with van der Waals surface area (Å²) in [6.45, 7) is 2.06. The summed E-state index contributed by atoms with van der Waals surface area (Å²) in [5, 5.41) is 3.15. The summed E-state index contributed by atoms with van der Waals surface area (Å²) in [7, 11) is 0. The Bertz CT molecular complexity index is 814. The molecule has 4 bridgehead atoms. The lowest BCUT2D eigenvalue weighted by atomic mass is 9.49. The molecule has 4 aliphatic rings. The van der Waals surface area contributed by atoms with Crippen molar-refractivity contribution < 1.29 is 9.21 Å². The number of hydrogen-bond donors (Lipinski definition) is 1. The molecule has 4 aliphatic carbocycles. The predicted octanol–water partition coefficient (Wildman–Crippen LogP) is 5.43. The summed E-state index contributed by atoms with van der Waals surface area (Å²) in [6, 6.07) is 7.98. The van der Waals surface area contributed by atoms with E-state index in [-0.39, 0.29) is 6.03 Å². The highest BCUT2D eigenvalue weighted by atomic mass is 16.3. The molecule has 2 aromatic rings. The Morgan fingerprint density at radius 2 is 1.81 bits per heavy atom. The molecule has 4 fully saturated rings. The lowest BCUT2D eigenvalue weighted by Crippen LogP contribution is -2.48. The van der Waals surface area contributed by atoms with Crippen LogP contribution >= 0.6 is 0 Å². The number of hydrogen-bond acceptors (Lipinski definition) is 3. The number of aryl methyl sites for hydroxylation is 1. The van der Waals surface area contributed by atoms with Crippen LogP contribution in [0.4, 0.5) is 4.79 Å². The van der Waals surface area contributed by atoms with Crippen LogP contribution < -0.4 is 5.32 Å².